The first-order chi connectivity index (χ1) is 10.5. The molecule has 0 aliphatic carbocycles. The number of aliphatic imine (C=N–C) groups is 1. The van der Waals surface area contributed by atoms with Gasteiger partial charge in [-0.3, -0.25) is 4.79 Å². The molecule has 116 valence electrons. The number of amides is 1. The van der Waals surface area contributed by atoms with Gasteiger partial charge in [0.05, 0.1) is 17.1 Å². The Morgan fingerprint density at radius 1 is 1.23 bits per heavy atom. The number of benzene rings is 1. The van der Waals surface area contributed by atoms with E-state index in [1.165, 1.54) is 11.8 Å². The first-order valence-electron chi connectivity index (χ1n) is 7.52. The van der Waals surface area contributed by atoms with Crippen LogP contribution in [0.2, 0.25) is 0 Å². The van der Waals surface area contributed by atoms with E-state index in [0.717, 1.165) is 34.3 Å². The number of morpholine rings is 1. The minimum Gasteiger partial charge on any atom is -0.372 e. The molecule has 2 aliphatic rings. The van der Waals surface area contributed by atoms with Crippen LogP contribution in [-0.2, 0) is 9.53 Å². The molecular formula is C17H20N2O2S. The molecule has 1 aromatic rings. The van der Waals surface area contributed by atoms with Gasteiger partial charge in [0.2, 0.25) is 0 Å². The van der Waals surface area contributed by atoms with Gasteiger partial charge in [0, 0.05) is 13.1 Å². The maximum Gasteiger partial charge on any atom is 0.286 e. The molecule has 0 N–H and O–H groups in total. The molecule has 3 rings (SSSR count). The average Bonchev–Trinajstić information content (AvgIpc) is 2.88. The summed E-state index contributed by atoms with van der Waals surface area (Å²) in [6.07, 6.45) is 0.316. The average molecular weight is 316 g/mol. The van der Waals surface area contributed by atoms with Crippen molar-refractivity contribution in [3.05, 3.63) is 40.8 Å². The molecule has 2 atom stereocenters. The second kappa shape index (κ2) is 6.26. The molecule has 5 heteroatoms. The van der Waals surface area contributed by atoms with Gasteiger partial charge in [-0.25, -0.2) is 0 Å². The fourth-order valence-corrected chi connectivity index (χ4v) is 3.81. The first kappa shape index (κ1) is 15.3. The molecule has 22 heavy (non-hydrogen) atoms. The summed E-state index contributed by atoms with van der Waals surface area (Å²) in [7, 11) is 0. The standard InChI is InChI=1S/C17H20N2O2S/c1-11-9-19(10-12(2)21-11)17-18-16(20)15(22-17)13(3)14-7-5-4-6-8-14/h4-8,11-12H,9-10H2,1-3H3/b15-13-/t11-,12-/m0/s1. The monoisotopic (exact) mass is 316 g/mol. The summed E-state index contributed by atoms with van der Waals surface area (Å²) in [6, 6.07) is 9.98. The molecule has 0 bridgehead atoms. The van der Waals surface area contributed by atoms with Crippen LogP contribution >= 0.6 is 11.8 Å². The van der Waals surface area contributed by atoms with Crippen LogP contribution in [0.4, 0.5) is 0 Å². The number of rotatable bonds is 1. The third-order valence-electron chi connectivity index (χ3n) is 3.82. The van der Waals surface area contributed by atoms with E-state index in [9.17, 15) is 4.79 Å². The molecule has 1 saturated heterocycles. The van der Waals surface area contributed by atoms with E-state index >= 15 is 0 Å². The van der Waals surface area contributed by atoms with Gasteiger partial charge in [0.25, 0.3) is 5.91 Å². The minimum atomic E-state index is -0.131. The molecule has 1 fully saturated rings. The lowest BCUT2D eigenvalue weighted by Gasteiger charge is -2.35. The summed E-state index contributed by atoms with van der Waals surface area (Å²) in [5.41, 5.74) is 2.06. The highest BCUT2D eigenvalue weighted by atomic mass is 32.2. The van der Waals surface area contributed by atoms with Crippen molar-refractivity contribution in [2.24, 2.45) is 4.99 Å². The number of nitrogens with zero attached hydrogens (tertiary/aromatic N) is 2. The van der Waals surface area contributed by atoms with Crippen molar-refractivity contribution in [2.75, 3.05) is 13.1 Å². The molecule has 0 radical (unpaired) electrons. The smallest absolute Gasteiger partial charge is 0.286 e. The molecule has 1 aromatic carbocycles. The van der Waals surface area contributed by atoms with Gasteiger partial charge < -0.3 is 9.64 Å². The Kier molecular flexibility index (Phi) is 4.36. The summed E-state index contributed by atoms with van der Waals surface area (Å²) < 4.78 is 5.74. The van der Waals surface area contributed by atoms with Crippen molar-refractivity contribution in [1.29, 1.82) is 0 Å². The Morgan fingerprint density at radius 3 is 2.50 bits per heavy atom. The molecule has 2 heterocycles. The van der Waals surface area contributed by atoms with Gasteiger partial charge in [-0.15, -0.1) is 0 Å². The van der Waals surface area contributed by atoms with Gasteiger partial charge in [-0.1, -0.05) is 30.3 Å². The number of ether oxygens (including phenoxy) is 1. The number of allylic oxidation sites excluding steroid dienone is 1. The third-order valence-corrected chi connectivity index (χ3v) is 5.04. The quantitative estimate of drug-likeness (QED) is 0.746. The van der Waals surface area contributed by atoms with Crippen LogP contribution in [0.3, 0.4) is 0 Å². The number of hydrogen-bond acceptors (Lipinski definition) is 4. The summed E-state index contributed by atoms with van der Waals surface area (Å²) in [5, 5.41) is 0.803. The Hall–Kier alpha value is -1.59. The molecular weight excluding hydrogens is 296 g/mol. The van der Waals surface area contributed by atoms with Crippen molar-refractivity contribution in [3.63, 3.8) is 0 Å². The van der Waals surface area contributed by atoms with E-state index in [4.69, 9.17) is 4.74 Å². The predicted molar refractivity (Wildman–Crippen MR) is 90.7 cm³/mol. The molecule has 0 saturated carbocycles. The maximum absolute atomic E-state index is 12.3. The van der Waals surface area contributed by atoms with Crippen LogP contribution in [0.5, 0.6) is 0 Å². The van der Waals surface area contributed by atoms with Crippen molar-refractivity contribution < 1.29 is 9.53 Å². The van der Waals surface area contributed by atoms with E-state index in [2.05, 4.69) is 23.7 Å². The lowest BCUT2D eigenvalue weighted by Crippen LogP contribution is -2.47. The predicted octanol–water partition coefficient (Wildman–Crippen LogP) is 3.16. The van der Waals surface area contributed by atoms with Crippen molar-refractivity contribution in [3.8, 4) is 0 Å². The number of thioether (sulfide) groups is 1. The summed E-state index contributed by atoms with van der Waals surface area (Å²) >= 11 is 1.48. The molecule has 4 nitrogen and oxygen atoms in total. The Labute approximate surface area is 135 Å². The van der Waals surface area contributed by atoms with Gasteiger partial charge in [0.1, 0.15) is 0 Å². The molecule has 2 aliphatic heterocycles. The SMILES string of the molecule is C/C(=C1/SC(N2C[C@H](C)O[C@@H](C)C2)=NC1=O)c1ccccc1. The molecule has 0 unspecified atom stereocenters. The van der Waals surface area contributed by atoms with Crippen molar-refractivity contribution in [2.45, 2.75) is 33.0 Å². The van der Waals surface area contributed by atoms with E-state index in [0.29, 0.717) is 0 Å². The summed E-state index contributed by atoms with van der Waals surface area (Å²) in [6.45, 7) is 7.65. The van der Waals surface area contributed by atoms with E-state index in [-0.39, 0.29) is 18.1 Å². The Bertz CT molecular complexity index is 629. The van der Waals surface area contributed by atoms with E-state index in [1.54, 1.807) is 0 Å². The van der Waals surface area contributed by atoms with Gasteiger partial charge >= 0.3 is 0 Å². The second-order valence-corrected chi connectivity index (χ2v) is 6.76. The van der Waals surface area contributed by atoms with Crippen LogP contribution < -0.4 is 0 Å². The first-order valence-corrected chi connectivity index (χ1v) is 8.34. The normalized spacial score (nSPS) is 27.9. The highest BCUT2D eigenvalue weighted by Crippen LogP contribution is 2.35. The summed E-state index contributed by atoms with van der Waals surface area (Å²) in [4.78, 5) is 19.4. The fraction of sp³-hybridized carbons (Fsp3) is 0.412. The second-order valence-electron chi connectivity index (χ2n) is 5.78. The zero-order chi connectivity index (χ0) is 15.7. The number of hydrogen-bond donors (Lipinski definition) is 0. The zero-order valence-corrected chi connectivity index (χ0v) is 13.9. The van der Waals surface area contributed by atoms with Gasteiger partial charge in [-0.05, 0) is 43.7 Å². The minimum absolute atomic E-state index is 0.131. The number of amidine groups is 1. The highest BCUT2D eigenvalue weighted by molar-refractivity contribution is 8.18. The van der Waals surface area contributed by atoms with E-state index < -0.39 is 0 Å². The van der Waals surface area contributed by atoms with E-state index in [1.807, 2.05) is 37.3 Å². The Morgan fingerprint density at radius 2 is 1.86 bits per heavy atom. The molecule has 0 aromatic heterocycles. The topological polar surface area (TPSA) is 41.9 Å². The summed E-state index contributed by atoms with van der Waals surface area (Å²) in [5.74, 6) is -0.131. The molecule has 1 amide bonds. The lowest BCUT2D eigenvalue weighted by molar-refractivity contribution is -0.113. The van der Waals surface area contributed by atoms with Gasteiger partial charge in [0.15, 0.2) is 5.17 Å². The molecule has 0 spiro atoms. The maximum atomic E-state index is 12.3. The number of carbonyl (C=O) groups excluding carboxylic acids is 1. The zero-order valence-electron chi connectivity index (χ0n) is 13.1. The van der Waals surface area contributed by atoms with Crippen LogP contribution in [0.1, 0.15) is 26.3 Å². The highest BCUT2D eigenvalue weighted by Gasteiger charge is 2.32. The Balaban J connectivity index is 1.82. The van der Waals surface area contributed by atoms with Crippen molar-refractivity contribution >= 4 is 28.4 Å². The van der Waals surface area contributed by atoms with Crippen LogP contribution in [-0.4, -0.2) is 41.3 Å². The third kappa shape index (κ3) is 3.10. The largest absolute Gasteiger partial charge is 0.372 e. The van der Waals surface area contributed by atoms with Crippen molar-refractivity contribution in [1.82, 2.24) is 4.90 Å². The van der Waals surface area contributed by atoms with Crippen LogP contribution in [0, 0.1) is 0 Å². The lowest BCUT2D eigenvalue weighted by atomic mass is 10.1. The van der Waals surface area contributed by atoms with Crippen LogP contribution in [0.15, 0.2) is 40.2 Å². The fourth-order valence-electron chi connectivity index (χ4n) is 2.82. The number of carbonyl (C=O) groups is 1. The van der Waals surface area contributed by atoms with Crippen LogP contribution in [0.25, 0.3) is 5.57 Å². The van der Waals surface area contributed by atoms with Gasteiger partial charge in [-0.2, -0.15) is 4.99 Å².